The van der Waals surface area contributed by atoms with Crippen molar-refractivity contribution < 1.29 is 4.79 Å². The van der Waals surface area contributed by atoms with Gasteiger partial charge in [0.05, 0.1) is 16.7 Å². The van der Waals surface area contributed by atoms with Crippen LogP contribution in [0, 0.1) is 0 Å². The van der Waals surface area contributed by atoms with E-state index < -0.39 is 0 Å². The average Bonchev–Trinajstić information content (AvgIpc) is 2.70. The number of hydrogen-bond acceptors (Lipinski definition) is 2. The molecule has 0 atom stereocenters. The van der Waals surface area contributed by atoms with Gasteiger partial charge in [-0.15, -0.1) is 0 Å². The molecule has 112 valence electrons. The predicted octanol–water partition coefficient (Wildman–Crippen LogP) is 3.53. The number of benzene rings is 1. The zero-order valence-corrected chi connectivity index (χ0v) is 12.8. The lowest BCUT2D eigenvalue weighted by Crippen LogP contribution is -2.36. The van der Waals surface area contributed by atoms with E-state index in [9.17, 15) is 4.79 Å². The summed E-state index contributed by atoms with van der Waals surface area (Å²) in [5.41, 5.74) is 0.901. The predicted molar refractivity (Wildman–Crippen MR) is 84.4 cm³/mol. The Bertz CT molecular complexity index is 629. The van der Waals surface area contributed by atoms with Gasteiger partial charge in [0.15, 0.2) is 0 Å². The number of fused-ring (bicyclic) bond motifs is 1. The minimum Gasteiger partial charge on any atom is -0.352 e. The van der Waals surface area contributed by atoms with Crippen molar-refractivity contribution in [2.45, 2.75) is 51.1 Å². The first-order valence-corrected chi connectivity index (χ1v) is 8.01. The van der Waals surface area contributed by atoms with Crippen LogP contribution in [-0.2, 0) is 11.3 Å². The van der Waals surface area contributed by atoms with E-state index in [4.69, 9.17) is 11.6 Å². The fourth-order valence-electron chi connectivity index (χ4n) is 3.03. The first-order valence-electron chi connectivity index (χ1n) is 7.63. The highest BCUT2D eigenvalue weighted by Crippen LogP contribution is 2.22. The van der Waals surface area contributed by atoms with Gasteiger partial charge in [-0.1, -0.05) is 43.4 Å². The Morgan fingerprint density at radius 3 is 2.81 bits per heavy atom. The molecule has 0 spiro atoms. The van der Waals surface area contributed by atoms with Gasteiger partial charge in [0, 0.05) is 11.4 Å². The van der Waals surface area contributed by atoms with Gasteiger partial charge in [-0.25, -0.2) is 0 Å². The maximum atomic E-state index is 12.2. The summed E-state index contributed by atoms with van der Waals surface area (Å²) < 4.78 is 1.72. The third-order valence-electron chi connectivity index (χ3n) is 4.15. The van der Waals surface area contributed by atoms with E-state index in [0.717, 1.165) is 23.7 Å². The molecule has 0 radical (unpaired) electrons. The van der Waals surface area contributed by atoms with Crippen LogP contribution in [0.4, 0.5) is 0 Å². The number of carbonyl (C=O) groups excluding carboxylic acids is 1. The summed E-state index contributed by atoms with van der Waals surface area (Å²) in [6.45, 7) is 0.250. The second-order valence-corrected chi connectivity index (χ2v) is 6.14. The van der Waals surface area contributed by atoms with Crippen molar-refractivity contribution in [2.24, 2.45) is 0 Å². The molecule has 2 aromatic rings. The van der Waals surface area contributed by atoms with Gasteiger partial charge < -0.3 is 5.32 Å². The van der Waals surface area contributed by atoms with Gasteiger partial charge in [0.1, 0.15) is 6.54 Å². The molecule has 1 amide bonds. The van der Waals surface area contributed by atoms with E-state index in [2.05, 4.69) is 10.4 Å². The highest BCUT2D eigenvalue weighted by Gasteiger charge is 2.16. The highest BCUT2D eigenvalue weighted by atomic mass is 35.5. The van der Waals surface area contributed by atoms with E-state index in [-0.39, 0.29) is 12.5 Å². The van der Waals surface area contributed by atoms with Crippen LogP contribution in [0.5, 0.6) is 0 Å². The number of rotatable bonds is 3. The van der Waals surface area contributed by atoms with Crippen molar-refractivity contribution in [3.8, 4) is 0 Å². The first-order chi connectivity index (χ1) is 10.2. The van der Waals surface area contributed by atoms with Crippen molar-refractivity contribution in [1.82, 2.24) is 15.1 Å². The molecule has 0 bridgehead atoms. The Labute approximate surface area is 129 Å². The summed E-state index contributed by atoms with van der Waals surface area (Å²) >= 11 is 6.13. The topological polar surface area (TPSA) is 46.9 Å². The normalized spacial score (nSPS) is 16.8. The highest BCUT2D eigenvalue weighted by molar-refractivity contribution is 6.35. The van der Waals surface area contributed by atoms with Gasteiger partial charge in [0.2, 0.25) is 5.91 Å². The van der Waals surface area contributed by atoms with E-state index in [1.807, 2.05) is 18.2 Å². The van der Waals surface area contributed by atoms with E-state index in [1.54, 1.807) is 10.9 Å². The largest absolute Gasteiger partial charge is 0.352 e. The number of hydrogen-bond donors (Lipinski definition) is 1. The zero-order chi connectivity index (χ0) is 14.7. The summed E-state index contributed by atoms with van der Waals surface area (Å²) in [5.74, 6) is 0.0341. The Hall–Kier alpha value is -1.55. The smallest absolute Gasteiger partial charge is 0.241 e. The van der Waals surface area contributed by atoms with Crippen molar-refractivity contribution in [2.75, 3.05) is 0 Å². The molecule has 3 rings (SSSR count). The van der Waals surface area contributed by atoms with E-state index in [0.29, 0.717) is 11.1 Å². The molecule has 1 aliphatic carbocycles. The number of amides is 1. The van der Waals surface area contributed by atoms with Crippen LogP contribution in [0.15, 0.2) is 24.4 Å². The number of halogens is 1. The lowest BCUT2D eigenvalue weighted by atomic mass is 10.1. The third-order valence-corrected chi connectivity index (χ3v) is 4.48. The van der Waals surface area contributed by atoms with Gasteiger partial charge >= 0.3 is 0 Å². The molecule has 1 saturated carbocycles. The molecule has 0 aliphatic heterocycles. The summed E-state index contributed by atoms with van der Waals surface area (Å²) in [6.07, 6.45) is 8.91. The maximum Gasteiger partial charge on any atom is 0.241 e. The first kappa shape index (κ1) is 14.4. The summed E-state index contributed by atoms with van der Waals surface area (Å²) in [7, 11) is 0. The van der Waals surface area contributed by atoms with Crippen LogP contribution < -0.4 is 5.32 Å². The van der Waals surface area contributed by atoms with E-state index >= 15 is 0 Å². The van der Waals surface area contributed by atoms with Crippen LogP contribution >= 0.6 is 11.6 Å². The number of nitrogens with zero attached hydrogens (tertiary/aromatic N) is 2. The molecular weight excluding hydrogens is 286 g/mol. The molecule has 21 heavy (non-hydrogen) atoms. The molecule has 0 saturated heterocycles. The van der Waals surface area contributed by atoms with Crippen LogP contribution in [0.3, 0.4) is 0 Å². The zero-order valence-electron chi connectivity index (χ0n) is 12.0. The lowest BCUT2D eigenvalue weighted by Gasteiger charge is -2.16. The second kappa shape index (κ2) is 6.48. The summed E-state index contributed by atoms with van der Waals surface area (Å²) in [6, 6.07) is 5.98. The Balaban J connectivity index is 1.67. The van der Waals surface area contributed by atoms with Crippen LogP contribution in [0.2, 0.25) is 5.02 Å². The number of carbonyl (C=O) groups is 1. The Morgan fingerprint density at radius 1 is 1.29 bits per heavy atom. The molecular formula is C16H20ClN3O. The number of nitrogens with one attached hydrogen (secondary N) is 1. The molecule has 5 heteroatoms. The molecule has 4 nitrogen and oxygen atoms in total. The van der Waals surface area contributed by atoms with Crippen molar-refractivity contribution in [3.05, 3.63) is 29.4 Å². The third kappa shape index (κ3) is 3.38. The van der Waals surface area contributed by atoms with Gasteiger partial charge in [0.25, 0.3) is 0 Å². The molecule has 1 aliphatic rings. The standard InChI is InChI=1S/C16H20ClN3O/c17-14-8-5-9-15-13(14)10-18-20(15)11-16(21)19-12-6-3-1-2-4-7-12/h5,8-10,12H,1-4,6-7,11H2,(H,19,21). The van der Waals surface area contributed by atoms with Gasteiger partial charge in [-0.2, -0.15) is 5.10 Å². The Morgan fingerprint density at radius 2 is 2.05 bits per heavy atom. The van der Waals surface area contributed by atoms with Crippen molar-refractivity contribution in [1.29, 1.82) is 0 Å². The Kier molecular flexibility index (Phi) is 4.44. The fourth-order valence-corrected chi connectivity index (χ4v) is 3.25. The van der Waals surface area contributed by atoms with Gasteiger partial charge in [-0.05, 0) is 25.0 Å². The fraction of sp³-hybridized carbons (Fsp3) is 0.500. The minimum atomic E-state index is 0.0341. The van der Waals surface area contributed by atoms with Gasteiger partial charge in [-0.3, -0.25) is 9.48 Å². The maximum absolute atomic E-state index is 12.2. The minimum absolute atomic E-state index is 0.0341. The van der Waals surface area contributed by atoms with Crippen LogP contribution in [-0.4, -0.2) is 21.7 Å². The second-order valence-electron chi connectivity index (χ2n) is 5.73. The van der Waals surface area contributed by atoms with Crippen molar-refractivity contribution >= 4 is 28.4 Å². The molecule has 1 N–H and O–H groups in total. The lowest BCUT2D eigenvalue weighted by molar-refractivity contribution is -0.122. The van der Waals surface area contributed by atoms with E-state index in [1.165, 1.54) is 25.7 Å². The number of aromatic nitrogens is 2. The molecule has 1 aromatic carbocycles. The summed E-state index contributed by atoms with van der Waals surface area (Å²) in [5, 5.41) is 8.98. The monoisotopic (exact) mass is 305 g/mol. The van der Waals surface area contributed by atoms with Crippen molar-refractivity contribution in [3.63, 3.8) is 0 Å². The summed E-state index contributed by atoms with van der Waals surface area (Å²) in [4.78, 5) is 12.2. The molecule has 0 unspecified atom stereocenters. The average molecular weight is 306 g/mol. The SMILES string of the molecule is O=C(Cn1ncc2c(Cl)cccc21)NC1CCCCCC1. The molecule has 1 fully saturated rings. The molecule has 1 aromatic heterocycles. The van der Waals surface area contributed by atoms with Crippen LogP contribution in [0.1, 0.15) is 38.5 Å². The quantitative estimate of drug-likeness (QED) is 0.882. The molecule has 1 heterocycles. The van der Waals surface area contributed by atoms with Crippen LogP contribution in [0.25, 0.3) is 10.9 Å².